The van der Waals surface area contributed by atoms with Crippen molar-refractivity contribution >= 4 is 22.8 Å². The first-order valence-corrected chi connectivity index (χ1v) is 12.0. The summed E-state index contributed by atoms with van der Waals surface area (Å²) in [5.41, 5.74) is 9.05. The smallest absolute Gasteiger partial charge is 0.172 e. The van der Waals surface area contributed by atoms with Gasteiger partial charge in [0.25, 0.3) is 0 Å². The van der Waals surface area contributed by atoms with Crippen LogP contribution >= 0.6 is 0 Å². The number of hydrogen-bond acceptors (Lipinski definition) is 8. The maximum atomic E-state index is 8.92. The average Bonchev–Trinajstić information content (AvgIpc) is 3.01. The lowest BCUT2D eigenvalue weighted by Crippen LogP contribution is -2.21. The van der Waals surface area contributed by atoms with Gasteiger partial charge >= 0.3 is 0 Å². The van der Waals surface area contributed by atoms with Crippen LogP contribution in [-0.2, 0) is 0 Å². The summed E-state index contributed by atoms with van der Waals surface area (Å²) in [6.07, 6.45) is 7.40. The van der Waals surface area contributed by atoms with Gasteiger partial charge in [0, 0.05) is 44.5 Å². The first-order valence-electron chi connectivity index (χ1n) is 12.0. The lowest BCUT2D eigenvalue weighted by atomic mass is 9.83. The van der Waals surface area contributed by atoms with Gasteiger partial charge in [0.15, 0.2) is 0 Å². The Morgan fingerprint density at radius 1 is 0.300 bits per heavy atom. The fourth-order valence-electron chi connectivity index (χ4n) is 4.85. The molecule has 4 aromatic rings. The largest absolute Gasteiger partial charge is 0.206 e. The monoisotopic (exact) mass is 512 g/mol. The molecule has 184 valence electrons. The van der Waals surface area contributed by atoms with E-state index in [9.17, 15) is 0 Å². The zero-order chi connectivity index (χ0) is 27.9. The molecule has 0 unspecified atom stereocenters. The van der Waals surface area contributed by atoms with Crippen LogP contribution in [0, 0.1) is 45.8 Å². The third-order valence-corrected chi connectivity index (χ3v) is 6.40. The van der Waals surface area contributed by atoms with E-state index >= 15 is 0 Å². The van der Waals surface area contributed by atoms with Crippen molar-refractivity contribution in [2.45, 2.75) is 0 Å². The van der Waals surface area contributed by atoms with Gasteiger partial charge in [-0.2, -0.15) is 41.0 Å². The molecule has 40 heavy (non-hydrogen) atoms. The molecule has 0 N–H and O–H groups in total. The minimum Gasteiger partial charge on any atom is -0.172 e. The molecule has 0 saturated heterocycles. The second kappa shape index (κ2) is 11.3. The van der Waals surface area contributed by atoms with Crippen molar-refractivity contribution in [2.24, 2.45) is 20.0 Å². The van der Waals surface area contributed by atoms with Crippen LogP contribution < -0.4 is 0 Å². The summed E-state index contributed by atoms with van der Waals surface area (Å²) in [7, 11) is 0. The van der Waals surface area contributed by atoms with Crippen LogP contribution in [0.2, 0.25) is 0 Å². The number of nitrogens with zero attached hydrogens (tertiary/aromatic N) is 8. The molecule has 0 saturated carbocycles. The maximum Gasteiger partial charge on any atom is 0.206 e. The van der Waals surface area contributed by atoms with Gasteiger partial charge in [0.2, 0.25) is 24.8 Å². The van der Waals surface area contributed by atoms with Crippen LogP contribution in [0.15, 0.2) is 117 Å². The van der Waals surface area contributed by atoms with Crippen LogP contribution in [0.25, 0.3) is 0 Å². The fraction of sp³-hybridized carbons (Fsp3) is 0. The van der Waals surface area contributed by atoms with Gasteiger partial charge in [-0.25, -0.2) is 0 Å². The third-order valence-electron chi connectivity index (χ3n) is 6.40. The molecule has 0 radical (unpaired) electrons. The second-order valence-electron chi connectivity index (χ2n) is 8.42. The summed E-state index contributed by atoms with van der Waals surface area (Å²) in [4.78, 5) is 15.8. The molecule has 0 aromatic heterocycles. The number of hydrogen-bond donors (Lipinski definition) is 0. The minimum atomic E-state index is 0.621. The minimum absolute atomic E-state index is 0.621. The molecule has 8 nitrogen and oxygen atoms in total. The van der Waals surface area contributed by atoms with E-state index < -0.39 is 0 Å². The van der Waals surface area contributed by atoms with Crippen molar-refractivity contribution in [1.29, 1.82) is 21.0 Å². The molecule has 2 aliphatic rings. The summed E-state index contributed by atoms with van der Waals surface area (Å²) < 4.78 is 0. The first-order chi connectivity index (χ1) is 19.7. The lowest BCUT2D eigenvalue weighted by Gasteiger charge is -2.21. The highest BCUT2D eigenvalue weighted by Gasteiger charge is 2.27. The van der Waals surface area contributed by atoms with Crippen LogP contribution in [0.4, 0.5) is 0 Å². The van der Waals surface area contributed by atoms with Crippen LogP contribution in [0.1, 0.15) is 44.5 Å². The van der Waals surface area contributed by atoms with Crippen LogP contribution in [-0.4, -0.2) is 22.8 Å². The van der Waals surface area contributed by atoms with Crippen molar-refractivity contribution < 1.29 is 0 Å². The van der Waals surface area contributed by atoms with Gasteiger partial charge < -0.3 is 0 Å². The molecule has 0 atom stereocenters. The van der Waals surface area contributed by atoms with Crippen molar-refractivity contribution in [3.8, 4) is 24.8 Å². The van der Waals surface area contributed by atoms with Crippen LogP contribution in [0.3, 0.4) is 0 Å². The third kappa shape index (κ3) is 4.42. The predicted molar refractivity (Wildman–Crippen MR) is 151 cm³/mol. The van der Waals surface area contributed by atoms with E-state index in [-0.39, 0.29) is 0 Å². The number of rotatable bonds is 0. The van der Waals surface area contributed by atoms with Gasteiger partial charge in [0.05, 0.1) is 22.8 Å². The Kier molecular flexibility index (Phi) is 7.10. The summed E-state index contributed by atoms with van der Waals surface area (Å²) >= 11 is 0. The standard InChI is InChI=1S/2C16H8N4/c2*17-9-19-15-11-5-1-2-6-12(11)16(20-10-18)14-8-4-3-7-13(14)15/h2*1-8H. The summed E-state index contributed by atoms with van der Waals surface area (Å²) in [5, 5.41) is 35.7. The van der Waals surface area contributed by atoms with E-state index in [2.05, 4.69) is 20.0 Å². The Labute approximate surface area is 230 Å². The second-order valence-corrected chi connectivity index (χ2v) is 8.42. The maximum absolute atomic E-state index is 8.92. The van der Waals surface area contributed by atoms with Crippen molar-refractivity contribution in [3.63, 3.8) is 0 Å². The van der Waals surface area contributed by atoms with E-state index in [1.807, 2.05) is 122 Å². The van der Waals surface area contributed by atoms with E-state index in [1.54, 1.807) is 0 Å². The Bertz CT molecular complexity index is 1560. The molecule has 0 heterocycles. The normalized spacial score (nSPS) is 11.7. The lowest BCUT2D eigenvalue weighted by molar-refractivity contribution is 1.38. The number of fused-ring (bicyclic) bond motifs is 4. The van der Waals surface area contributed by atoms with Crippen molar-refractivity contribution in [2.75, 3.05) is 0 Å². The van der Waals surface area contributed by atoms with E-state index in [4.69, 9.17) is 21.0 Å². The molecule has 0 aliphatic heterocycles. The topological polar surface area (TPSA) is 145 Å². The molecular weight excluding hydrogens is 496 g/mol. The predicted octanol–water partition coefficient (Wildman–Crippen LogP) is 5.27. The molecule has 0 spiro atoms. The number of aliphatic imine (C=N–C) groups is 4. The van der Waals surface area contributed by atoms with Gasteiger partial charge in [-0.1, -0.05) is 97.1 Å². The Balaban J connectivity index is 0.000000161. The summed E-state index contributed by atoms with van der Waals surface area (Å²) in [6.45, 7) is 0. The Morgan fingerprint density at radius 3 is 0.575 bits per heavy atom. The van der Waals surface area contributed by atoms with E-state index in [0.29, 0.717) is 22.8 Å². The van der Waals surface area contributed by atoms with Gasteiger partial charge in [0.1, 0.15) is 0 Å². The number of nitriles is 4. The molecule has 0 fully saturated rings. The van der Waals surface area contributed by atoms with E-state index in [0.717, 1.165) is 44.5 Å². The van der Waals surface area contributed by atoms with Gasteiger partial charge in [-0.15, -0.1) is 0 Å². The first kappa shape index (κ1) is 25.2. The highest BCUT2D eigenvalue weighted by Crippen LogP contribution is 2.29. The quantitative estimate of drug-likeness (QED) is 0.255. The molecular formula is C32H16N8. The van der Waals surface area contributed by atoms with E-state index in [1.165, 1.54) is 0 Å². The zero-order valence-electron chi connectivity index (χ0n) is 20.8. The highest BCUT2D eigenvalue weighted by atomic mass is 14.8. The average molecular weight is 513 g/mol. The molecule has 0 amide bonds. The number of benzene rings is 4. The molecule has 4 aromatic carbocycles. The highest BCUT2D eigenvalue weighted by molar-refractivity contribution is 6.32. The molecule has 6 rings (SSSR count). The Hall–Kier alpha value is -6.48. The summed E-state index contributed by atoms with van der Waals surface area (Å²) in [5.74, 6) is 0. The summed E-state index contributed by atoms with van der Waals surface area (Å²) in [6, 6.07) is 30.1. The molecule has 0 bridgehead atoms. The SMILES string of the molecule is N#CN=C1c2ccccc2C(=NC#N)c2ccccc21.N#CN=C1c2ccccc2C(=NC#N)c2ccccc21. The van der Waals surface area contributed by atoms with Crippen LogP contribution in [0.5, 0.6) is 0 Å². The van der Waals surface area contributed by atoms with Crippen molar-refractivity contribution in [3.05, 3.63) is 142 Å². The molecule has 2 aliphatic carbocycles. The Morgan fingerprint density at radius 2 is 0.450 bits per heavy atom. The van der Waals surface area contributed by atoms with Gasteiger partial charge in [-0.05, 0) is 0 Å². The van der Waals surface area contributed by atoms with Gasteiger partial charge in [-0.3, -0.25) is 0 Å². The zero-order valence-corrected chi connectivity index (χ0v) is 20.8. The van der Waals surface area contributed by atoms with Crippen molar-refractivity contribution in [1.82, 2.24) is 0 Å². The molecule has 8 heteroatoms. The fourth-order valence-corrected chi connectivity index (χ4v) is 4.85.